The number of aromatic amines is 1. The van der Waals surface area contributed by atoms with Gasteiger partial charge in [-0.1, -0.05) is 0 Å². The van der Waals surface area contributed by atoms with Crippen molar-refractivity contribution in [3.63, 3.8) is 0 Å². The number of H-pyrrole nitrogens is 1. The average molecular weight is 259 g/mol. The fourth-order valence-electron chi connectivity index (χ4n) is 2.88. The second-order valence-corrected chi connectivity index (χ2v) is 5.66. The molecule has 2 aromatic heterocycles. The van der Waals surface area contributed by atoms with E-state index in [-0.39, 0.29) is 0 Å². The van der Waals surface area contributed by atoms with E-state index in [2.05, 4.69) is 30.9 Å². The summed E-state index contributed by atoms with van der Waals surface area (Å²) in [5.41, 5.74) is 3.71. The zero-order chi connectivity index (χ0) is 12.9. The van der Waals surface area contributed by atoms with Crippen molar-refractivity contribution in [2.75, 3.05) is 17.3 Å². The lowest BCUT2D eigenvalue weighted by Crippen LogP contribution is -2.19. The van der Waals surface area contributed by atoms with Gasteiger partial charge in [-0.3, -0.25) is 10.5 Å². The topological polar surface area (TPSA) is 105 Å². The molecule has 5 N–H and O–H groups in total. The molecule has 2 saturated carbocycles. The predicted molar refractivity (Wildman–Crippen MR) is 72.4 cm³/mol. The molecule has 2 fully saturated rings. The van der Waals surface area contributed by atoms with Crippen LogP contribution in [0.5, 0.6) is 0 Å². The maximum Gasteiger partial charge on any atom is 0.241 e. The zero-order valence-corrected chi connectivity index (χ0v) is 10.6. The van der Waals surface area contributed by atoms with Crippen molar-refractivity contribution < 1.29 is 0 Å². The number of aromatic nitrogens is 4. The van der Waals surface area contributed by atoms with Gasteiger partial charge in [0.15, 0.2) is 5.65 Å². The van der Waals surface area contributed by atoms with Gasteiger partial charge in [-0.05, 0) is 37.0 Å². The molecule has 2 aliphatic rings. The second-order valence-electron chi connectivity index (χ2n) is 5.66. The quantitative estimate of drug-likeness (QED) is 0.475. The summed E-state index contributed by atoms with van der Waals surface area (Å²) in [6, 6.07) is 0. The maximum atomic E-state index is 5.39. The van der Waals surface area contributed by atoms with Crippen molar-refractivity contribution in [1.82, 2.24) is 20.2 Å². The molecular weight excluding hydrogens is 242 g/mol. The van der Waals surface area contributed by atoms with Crippen LogP contribution in [0, 0.1) is 11.3 Å². The number of hydrogen-bond donors (Lipinski definition) is 4. The molecule has 100 valence electrons. The van der Waals surface area contributed by atoms with E-state index in [1.54, 1.807) is 6.20 Å². The zero-order valence-electron chi connectivity index (χ0n) is 10.6. The first-order valence-electron chi connectivity index (χ1n) is 6.72. The Morgan fingerprint density at radius 3 is 2.89 bits per heavy atom. The summed E-state index contributed by atoms with van der Waals surface area (Å²) in [4.78, 5) is 8.60. The number of hydrogen-bond acceptors (Lipinski definition) is 6. The smallest absolute Gasteiger partial charge is 0.241 e. The highest BCUT2D eigenvalue weighted by Gasteiger charge is 2.53. The number of fused-ring (bicyclic) bond motifs is 1. The summed E-state index contributed by atoms with van der Waals surface area (Å²) < 4.78 is 0. The molecule has 0 bridgehead atoms. The van der Waals surface area contributed by atoms with Gasteiger partial charge in [0.2, 0.25) is 5.95 Å². The highest BCUT2D eigenvalue weighted by atomic mass is 15.3. The molecule has 4 rings (SSSR count). The average Bonchev–Trinajstić information content (AvgIpc) is 3.33. The van der Waals surface area contributed by atoms with E-state index >= 15 is 0 Å². The van der Waals surface area contributed by atoms with Crippen LogP contribution in [0.2, 0.25) is 0 Å². The first kappa shape index (κ1) is 11.0. The van der Waals surface area contributed by atoms with Gasteiger partial charge >= 0.3 is 0 Å². The van der Waals surface area contributed by atoms with Gasteiger partial charge in [0.1, 0.15) is 5.82 Å². The Hall–Kier alpha value is -1.89. The molecule has 2 aliphatic carbocycles. The lowest BCUT2D eigenvalue weighted by atomic mass is 10.0. The van der Waals surface area contributed by atoms with Crippen LogP contribution < -0.4 is 16.6 Å². The molecule has 0 spiro atoms. The molecule has 7 nitrogen and oxygen atoms in total. The molecule has 2 heterocycles. The molecule has 7 heteroatoms. The predicted octanol–water partition coefficient (Wildman–Crippen LogP) is 1.24. The van der Waals surface area contributed by atoms with E-state index in [0.717, 1.165) is 23.7 Å². The summed E-state index contributed by atoms with van der Waals surface area (Å²) in [5.74, 6) is 7.52. The largest absolute Gasteiger partial charge is 0.369 e. The molecule has 0 radical (unpaired) electrons. The lowest BCUT2D eigenvalue weighted by molar-refractivity contribution is 0.466. The number of nitrogen functional groups attached to an aromatic ring is 1. The van der Waals surface area contributed by atoms with Gasteiger partial charge in [-0.25, -0.2) is 5.84 Å². The van der Waals surface area contributed by atoms with Crippen molar-refractivity contribution in [2.24, 2.45) is 17.2 Å². The van der Waals surface area contributed by atoms with E-state index in [0.29, 0.717) is 17.0 Å². The Balaban J connectivity index is 1.60. The minimum Gasteiger partial charge on any atom is -0.369 e. The third-order valence-electron chi connectivity index (χ3n) is 4.38. The Morgan fingerprint density at radius 2 is 2.21 bits per heavy atom. The number of nitrogens with two attached hydrogens (primary N) is 1. The minimum absolute atomic E-state index is 0.399. The van der Waals surface area contributed by atoms with Crippen LogP contribution in [0.1, 0.15) is 25.7 Å². The fraction of sp³-hybridized carbons (Fsp3) is 0.583. The Labute approximate surface area is 110 Å². The molecule has 19 heavy (non-hydrogen) atoms. The third kappa shape index (κ3) is 1.81. The molecule has 0 saturated heterocycles. The second kappa shape index (κ2) is 3.80. The number of nitrogens with one attached hydrogen (secondary N) is 3. The van der Waals surface area contributed by atoms with Gasteiger partial charge in [-0.2, -0.15) is 15.1 Å². The molecule has 0 aromatic carbocycles. The third-order valence-corrected chi connectivity index (χ3v) is 4.38. The molecule has 0 amide bonds. The normalized spacial score (nSPS) is 20.5. The van der Waals surface area contributed by atoms with Crippen molar-refractivity contribution in [2.45, 2.75) is 25.7 Å². The van der Waals surface area contributed by atoms with E-state index in [9.17, 15) is 0 Å². The highest BCUT2D eigenvalue weighted by Crippen LogP contribution is 2.61. The summed E-state index contributed by atoms with van der Waals surface area (Å²) in [7, 11) is 0. The van der Waals surface area contributed by atoms with E-state index in [1.807, 2.05) is 0 Å². The summed E-state index contributed by atoms with van der Waals surface area (Å²) in [6.45, 7) is 0.985. The van der Waals surface area contributed by atoms with E-state index in [1.165, 1.54) is 25.7 Å². The highest BCUT2D eigenvalue weighted by molar-refractivity contribution is 5.86. The fourth-order valence-corrected chi connectivity index (χ4v) is 2.88. The van der Waals surface area contributed by atoms with Crippen molar-refractivity contribution in [3.05, 3.63) is 6.20 Å². The van der Waals surface area contributed by atoms with Crippen LogP contribution in [-0.4, -0.2) is 26.7 Å². The van der Waals surface area contributed by atoms with Crippen LogP contribution in [0.3, 0.4) is 0 Å². The van der Waals surface area contributed by atoms with Gasteiger partial charge in [0.05, 0.1) is 11.6 Å². The summed E-state index contributed by atoms with van der Waals surface area (Å²) >= 11 is 0. The number of rotatable bonds is 5. The Morgan fingerprint density at radius 1 is 1.37 bits per heavy atom. The number of hydrazine groups is 1. The first-order valence-corrected chi connectivity index (χ1v) is 6.72. The van der Waals surface area contributed by atoms with Crippen LogP contribution in [-0.2, 0) is 0 Å². The Bertz CT molecular complexity index is 612. The standard InChI is InChI=1S/C12H17N7/c13-18-11-16-9(8-5-15-19-10(8)17-11)14-6-12(3-4-12)7-1-2-7/h5,7H,1-4,6,13H2,(H3,14,15,16,17,18,19). The Kier molecular flexibility index (Phi) is 2.20. The summed E-state index contributed by atoms with van der Waals surface area (Å²) in [6.07, 6.45) is 7.21. The van der Waals surface area contributed by atoms with Crippen molar-refractivity contribution in [3.8, 4) is 0 Å². The van der Waals surface area contributed by atoms with Crippen LogP contribution >= 0.6 is 0 Å². The maximum absolute atomic E-state index is 5.39. The van der Waals surface area contributed by atoms with Crippen LogP contribution in [0.15, 0.2) is 6.20 Å². The number of nitrogens with zero attached hydrogens (tertiary/aromatic N) is 3. The molecule has 0 aliphatic heterocycles. The van der Waals surface area contributed by atoms with Crippen LogP contribution in [0.4, 0.5) is 11.8 Å². The SMILES string of the molecule is NNc1nc(NCC2(C3CC3)CC2)c2cn[nH]c2n1. The van der Waals surface area contributed by atoms with Gasteiger partial charge in [0, 0.05) is 6.54 Å². The van der Waals surface area contributed by atoms with Crippen molar-refractivity contribution >= 4 is 22.8 Å². The van der Waals surface area contributed by atoms with E-state index in [4.69, 9.17) is 5.84 Å². The minimum atomic E-state index is 0.399. The molecular formula is C12H17N7. The van der Waals surface area contributed by atoms with Gasteiger partial charge in [-0.15, -0.1) is 0 Å². The van der Waals surface area contributed by atoms with Crippen LogP contribution in [0.25, 0.3) is 11.0 Å². The molecule has 0 unspecified atom stereocenters. The van der Waals surface area contributed by atoms with E-state index < -0.39 is 0 Å². The molecule has 0 atom stereocenters. The first-order chi connectivity index (χ1) is 9.31. The van der Waals surface area contributed by atoms with Gasteiger partial charge < -0.3 is 5.32 Å². The molecule has 2 aromatic rings. The lowest BCUT2D eigenvalue weighted by Gasteiger charge is -2.16. The van der Waals surface area contributed by atoms with Gasteiger partial charge in [0.25, 0.3) is 0 Å². The van der Waals surface area contributed by atoms with Crippen molar-refractivity contribution in [1.29, 1.82) is 0 Å². The summed E-state index contributed by atoms with van der Waals surface area (Å²) in [5, 5.41) is 11.2. The monoisotopic (exact) mass is 259 g/mol. The number of anilines is 2.